The zero-order valence-electron chi connectivity index (χ0n) is 10.4. The lowest BCUT2D eigenvalue weighted by atomic mass is 10.0. The first-order valence-corrected chi connectivity index (χ1v) is 7.35. The van der Waals surface area contributed by atoms with E-state index in [4.69, 9.17) is 5.84 Å². The van der Waals surface area contributed by atoms with Gasteiger partial charge in [-0.15, -0.1) is 11.3 Å². The minimum absolute atomic E-state index is 0.116. The van der Waals surface area contributed by atoms with Gasteiger partial charge in [-0.1, -0.05) is 28.1 Å². The summed E-state index contributed by atoms with van der Waals surface area (Å²) in [5.41, 5.74) is 5.21. The summed E-state index contributed by atoms with van der Waals surface area (Å²) in [6, 6.07) is 8.41. The molecule has 18 heavy (non-hydrogen) atoms. The summed E-state index contributed by atoms with van der Waals surface area (Å²) < 4.78 is 1.09. The third-order valence-electron chi connectivity index (χ3n) is 2.79. The van der Waals surface area contributed by atoms with Gasteiger partial charge in [0.2, 0.25) is 0 Å². The highest BCUT2D eigenvalue weighted by Gasteiger charge is 2.16. The van der Waals surface area contributed by atoms with Gasteiger partial charge in [-0.05, 0) is 38.0 Å². The van der Waals surface area contributed by atoms with Crippen molar-refractivity contribution >= 4 is 27.3 Å². The molecule has 2 rings (SSSR count). The molecule has 0 spiro atoms. The number of halogens is 1. The van der Waals surface area contributed by atoms with Crippen molar-refractivity contribution in [3.8, 4) is 0 Å². The Kier molecular flexibility index (Phi) is 4.50. The van der Waals surface area contributed by atoms with Gasteiger partial charge in [0, 0.05) is 9.35 Å². The average molecular weight is 326 g/mol. The molecule has 3 N–H and O–H groups in total. The molecule has 2 aromatic rings. The zero-order chi connectivity index (χ0) is 13.1. The number of nitrogens with zero attached hydrogens (tertiary/aromatic N) is 1. The number of hydrogen-bond donors (Lipinski definition) is 2. The van der Waals surface area contributed by atoms with E-state index < -0.39 is 0 Å². The van der Waals surface area contributed by atoms with Gasteiger partial charge in [0.1, 0.15) is 0 Å². The number of benzene rings is 1. The van der Waals surface area contributed by atoms with Gasteiger partial charge in [0.25, 0.3) is 0 Å². The lowest BCUT2D eigenvalue weighted by Crippen LogP contribution is -2.29. The molecule has 0 radical (unpaired) electrons. The molecule has 0 aliphatic rings. The Morgan fingerprint density at radius 1 is 1.44 bits per heavy atom. The van der Waals surface area contributed by atoms with Crippen LogP contribution in [0.5, 0.6) is 0 Å². The Balaban J connectivity index is 2.22. The number of thiazole rings is 1. The fourth-order valence-electron chi connectivity index (χ4n) is 2.00. The molecule has 1 unspecified atom stereocenters. The van der Waals surface area contributed by atoms with Crippen molar-refractivity contribution in [1.29, 1.82) is 0 Å². The fraction of sp³-hybridized carbons (Fsp3) is 0.308. The number of rotatable bonds is 4. The topological polar surface area (TPSA) is 50.9 Å². The normalized spacial score (nSPS) is 12.7. The Labute approximate surface area is 120 Å². The molecule has 0 bridgehead atoms. The van der Waals surface area contributed by atoms with Crippen molar-refractivity contribution in [3.63, 3.8) is 0 Å². The number of hydrogen-bond acceptors (Lipinski definition) is 4. The van der Waals surface area contributed by atoms with Crippen LogP contribution in [0.1, 0.15) is 27.2 Å². The highest BCUT2D eigenvalue weighted by atomic mass is 79.9. The highest BCUT2D eigenvalue weighted by molar-refractivity contribution is 9.10. The molecule has 0 aliphatic heterocycles. The summed E-state index contributed by atoms with van der Waals surface area (Å²) >= 11 is 5.19. The lowest BCUT2D eigenvalue weighted by Gasteiger charge is -2.15. The van der Waals surface area contributed by atoms with E-state index in [2.05, 4.69) is 38.5 Å². The first kappa shape index (κ1) is 13.7. The van der Waals surface area contributed by atoms with Gasteiger partial charge in [0.05, 0.1) is 16.7 Å². The second-order valence-electron chi connectivity index (χ2n) is 4.24. The number of nitrogens with one attached hydrogen (secondary N) is 1. The van der Waals surface area contributed by atoms with Crippen LogP contribution in [0, 0.1) is 13.8 Å². The Bertz CT molecular complexity index is 539. The van der Waals surface area contributed by atoms with Crippen LogP contribution in [0.15, 0.2) is 28.7 Å². The van der Waals surface area contributed by atoms with Crippen LogP contribution < -0.4 is 11.3 Å². The van der Waals surface area contributed by atoms with E-state index in [1.807, 2.05) is 26.0 Å². The van der Waals surface area contributed by atoms with E-state index in [0.717, 1.165) is 21.6 Å². The van der Waals surface area contributed by atoms with Crippen molar-refractivity contribution in [2.75, 3.05) is 0 Å². The van der Waals surface area contributed by atoms with Gasteiger partial charge in [-0.3, -0.25) is 11.3 Å². The van der Waals surface area contributed by atoms with Crippen LogP contribution in [-0.2, 0) is 6.42 Å². The molecule has 96 valence electrons. The monoisotopic (exact) mass is 325 g/mol. The molecule has 1 atom stereocenters. The van der Waals surface area contributed by atoms with E-state index in [1.165, 1.54) is 10.4 Å². The number of aryl methyl sites for hydroxylation is 2. The van der Waals surface area contributed by atoms with E-state index in [9.17, 15) is 0 Å². The molecule has 1 aromatic carbocycles. The van der Waals surface area contributed by atoms with E-state index in [-0.39, 0.29) is 6.04 Å². The molecule has 0 amide bonds. The van der Waals surface area contributed by atoms with Crippen LogP contribution >= 0.6 is 27.3 Å². The molecule has 1 heterocycles. The zero-order valence-corrected chi connectivity index (χ0v) is 12.8. The summed E-state index contributed by atoms with van der Waals surface area (Å²) in [6.07, 6.45) is 0.860. The van der Waals surface area contributed by atoms with Crippen molar-refractivity contribution in [2.45, 2.75) is 26.3 Å². The molecule has 5 heteroatoms. The molecule has 3 nitrogen and oxygen atoms in total. The lowest BCUT2D eigenvalue weighted by molar-refractivity contribution is 0.557. The van der Waals surface area contributed by atoms with Crippen LogP contribution in [0.25, 0.3) is 0 Å². The first-order valence-electron chi connectivity index (χ1n) is 5.74. The molecular formula is C13H16BrN3S. The predicted molar refractivity (Wildman–Crippen MR) is 79.5 cm³/mol. The maximum absolute atomic E-state index is 5.69. The van der Waals surface area contributed by atoms with Crippen LogP contribution in [0.3, 0.4) is 0 Å². The van der Waals surface area contributed by atoms with E-state index in [0.29, 0.717) is 0 Å². The molecule has 0 saturated carbocycles. The van der Waals surface area contributed by atoms with Gasteiger partial charge in [-0.2, -0.15) is 0 Å². The van der Waals surface area contributed by atoms with Crippen molar-refractivity contribution in [2.24, 2.45) is 5.84 Å². The summed E-state index contributed by atoms with van der Waals surface area (Å²) in [6.45, 7) is 4.05. The summed E-state index contributed by atoms with van der Waals surface area (Å²) in [4.78, 5) is 5.67. The van der Waals surface area contributed by atoms with Crippen molar-refractivity contribution < 1.29 is 0 Å². The standard InChI is InChI=1S/C13H16BrN3S/c1-8-13(18-9(2)16-8)12(17-15)7-10-4-3-5-11(14)6-10/h3-6,12,17H,7,15H2,1-2H3. The van der Waals surface area contributed by atoms with Crippen molar-refractivity contribution in [3.05, 3.63) is 49.9 Å². The largest absolute Gasteiger partial charge is 0.271 e. The fourth-order valence-corrected chi connectivity index (χ4v) is 3.43. The third kappa shape index (κ3) is 3.17. The quantitative estimate of drug-likeness (QED) is 0.670. The Hall–Kier alpha value is -0.750. The maximum Gasteiger partial charge on any atom is 0.0900 e. The van der Waals surface area contributed by atoms with Gasteiger partial charge in [-0.25, -0.2) is 4.98 Å². The summed E-state index contributed by atoms with van der Waals surface area (Å²) in [5, 5.41) is 1.08. The van der Waals surface area contributed by atoms with Crippen LogP contribution in [0.4, 0.5) is 0 Å². The predicted octanol–water partition coefficient (Wildman–Crippen LogP) is 3.27. The molecule has 0 aliphatic carbocycles. The first-order chi connectivity index (χ1) is 8.60. The van der Waals surface area contributed by atoms with E-state index >= 15 is 0 Å². The van der Waals surface area contributed by atoms with Crippen molar-refractivity contribution in [1.82, 2.24) is 10.4 Å². The summed E-state index contributed by atoms with van der Waals surface area (Å²) in [7, 11) is 0. The highest BCUT2D eigenvalue weighted by Crippen LogP contribution is 2.27. The average Bonchev–Trinajstić information content (AvgIpc) is 2.65. The number of nitrogens with two attached hydrogens (primary N) is 1. The van der Waals surface area contributed by atoms with Gasteiger partial charge in [0.15, 0.2) is 0 Å². The van der Waals surface area contributed by atoms with Gasteiger partial charge < -0.3 is 0 Å². The Morgan fingerprint density at radius 3 is 2.78 bits per heavy atom. The molecule has 0 saturated heterocycles. The minimum Gasteiger partial charge on any atom is -0.271 e. The minimum atomic E-state index is 0.116. The number of hydrazine groups is 1. The third-order valence-corrected chi connectivity index (χ3v) is 4.47. The molecular weight excluding hydrogens is 310 g/mol. The SMILES string of the molecule is Cc1nc(C)c(C(Cc2cccc(Br)c2)NN)s1. The maximum atomic E-state index is 5.69. The van der Waals surface area contributed by atoms with Gasteiger partial charge >= 0.3 is 0 Å². The van der Waals surface area contributed by atoms with Crippen LogP contribution in [-0.4, -0.2) is 4.98 Å². The van der Waals surface area contributed by atoms with Crippen LogP contribution in [0.2, 0.25) is 0 Å². The second-order valence-corrected chi connectivity index (χ2v) is 6.39. The molecule has 0 fully saturated rings. The number of aromatic nitrogens is 1. The Morgan fingerprint density at radius 2 is 2.22 bits per heavy atom. The second kappa shape index (κ2) is 5.93. The smallest absolute Gasteiger partial charge is 0.0900 e. The van der Waals surface area contributed by atoms with E-state index in [1.54, 1.807) is 11.3 Å². The molecule has 1 aromatic heterocycles. The summed E-state index contributed by atoms with van der Waals surface area (Å²) in [5.74, 6) is 5.69.